The van der Waals surface area contributed by atoms with Gasteiger partial charge in [0.05, 0.1) is 22.9 Å². The third kappa shape index (κ3) is 3.90. The number of alkyl halides is 3. The lowest BCUT2D eigenvalue weighted by molar-refractivity contribution is -0.137. The largest absolute Gasteiger partial charge is 0.417 e. The molecule has 0 atom stereocenters. The number of hydrogen-bond donors (Lipinski definition) is 0. The molecule has 4 rings (SSSR count). The predicted molar refractivity (Wildman–Crippen MR) is 121 cm³/mol. The van der Waals surface area contributed by atoms with Crippen LogP contribution >= 0.6 is 0 Å². The minimum Gasteiger partial charge on any atom is -0.305 e. The molecular weight excluding hydrogens is 443 g/mol. The van der Waals surface area contributed by atoms with Crippen molar-refractivity contribution in [2.45, 2.75) is 32.1 Å². The molecule has 1 fully saturated rings. The van der Waals surface area contributed by atoms with E-state index in [4.69, 9.17) is 5.26 Å². The highest BCUT2D eigenvalue weighted by atomic mass is 19.4. The smallest absolute Gasteiger partial charge is 0.305 e. The number of carbonyl (C=O) groups is 2. The molecule has 0 spiro atoms. The van der Waals surface area contributed by atoms with Crippen molar-refractivity contribution >= 4 is 17.6 Å². The number of rotatable bonds is 4. The van der Waals surface area contributed by atoms with Crippen molar-refractivity contribution in [1.29, 1.82) is 5.26 Å². The highest BCUT2D eigenvalue weighted by molar-refractivity contribution is 6.23. The van der Waals surface area contributed by atoms with Crippen LogP contribution in [-0.2, 0) is 17.5 Å². The van der Waals surface area contributed by atoms with Crippen LogP contribution in [0.25, 0.3) is 11.1 Å². The Morgan fingerprint density at radius 1 is 0.941 bits per heavy atom. The highest BCUT2D eigenvalue weighted by Crippen LogP contribution is 2.38. The number of halogens is 3. The van der Waals surface area contributed by atoms with Crippen molar-refractivity contribution in [3.05, 3.63) is 89.5 Å². The van der Waals surface area contributed by atoms with Gasteiger partial charge in [0.1, 0.15) is 5.54 Å². The van der Waals surface area contributed by atoms with E-state index in [1.165, 1.54) is 17.0 Å². The van der Waals surface area contributed by atoms with Crippen molar-refractivity contribution in [1.82, 2.24) is 4.90 Å². The van der Waals surface area contributed by atoms with E-state index in [1.54, 1.807) is 13.8 Å². The summed E-state index contributed by atoms with van der Waals surface area (Å²) in [7, 11) is 0. The molecule has 0 radical (unpaired) electrons. The second-order valence-corrected chi connectivity index (χ2v) is 8.43. The second-order valence-electron chi connectivity index (χ2n) is 8.43. The van der Waals surface area contributed by atoms with Crippen molar-refractivity contribution in [2.24, 2.45) is 0 Å². The zero-order valence-corrected chi connectivity index (χ0v) is 18.4. The highest BCUT2D eigenvalue weighted by Gasteiger charge is 2.52. The van der Waals surface area contributed by atoms with Crippen LogP contribution in [0.5, 0.6) is 0 Å². The number of imide groups is 1. The second kappa shape index (κ2) is 8.34. The van der Waals surface area contributed by atoms with Crippen LogP contribution in [-0.4, -0.2) is 22.4 Å². The number of carbonyl (C=O) groups excluding carboxylic acids is 2. The molecule has 3 aromatic carbocycles. The number of nitriles is 1. The normalized spacial score (nSPS) is 15.5. The molecule has 0 aromatic heterocycles. The summed E-state index contributed by atoms with van der Waals surface area (Å²) in [5.74, 6) is -0.646. The molecule has 0 saturated carbocycles. The van der Waals surface area contributed by atoms with Gasteiger partial charge in [-0.2, -0.15) is 18.4 Å². The van der Waals surface area contributed by atoms with E-state index in [1.807, 2.05) is 54.6 Å². The first-order valence-electron chi connectivity index (χ1n) is 10.5. The molecule has 3 aromatic rings. The molecule has 172 valence electrons. The molecule has 1 aliphatic heterocycles. The van der Waals surface area contributed by atoms with Gasteiger partial charge >= 0.3 is 12.2 Å². The number of anilines is 1. The Kier molecular flexibility index (Phi) is 5.65. The first-order chi connectivity index (χ1) is 16.1. The molecule has 34 heavy (non-hydrogen) atoms. The summed E-state index contributed by atoms with van der Waals surface area (Å²) in [4.78, 5) is 28.7. The molecule has 0 aliphatic carbocycles. The van der Waals surface area contributed by atoms with Crippen molar-refractivity contribution in [2.75, 3.05) is 4.90 Å². The third-order valence-electron chi connectivity index (χ3n) is 5.94. The first kappa shape index (κ1) is 23.1. The molecule has 1 saturated heterocycles. The van der Waals surface area contributed by atoms with Crippen LogP contribution in [0.3, 0.4) is 0 Å². The van der Waals surface area contributed by atoms with Crippen LogP contribution in [0.1, 0.15) is 30.5 Å². The fraction of sp³-hybridized carbons (Fsp3) is 0.192. The Morgan fingerprint density at radius 2 is 1.59 bits per heavy atom. The topological polar surface area (TPSA) is 64.4 Å². The fourth-order valence-corrected chi connectivity index (χ4v) is 4.06. The number of benzene rings is 3. The van der Waals surface area contributed by atoms with Crippen LogP contribution < -0.4 is 4.90 Å². The average molecular weight is 463 g/mol. The molecule has 8 heteroatoms. The van der Waals surface area contributed by atoms with Gasteiger partial charge in [0.25, 0.3) is 5.91 Å². The van der Waals surface area contributed by atoms with E-state index in [0.717, 1.165) is 27.7 Å². The van der Waals surface area contributed by atoms with Gasteiger partial charge in [-0.15, -0.1) is 0 Å². The summed E-state index contributed by atoms with van der Waals surface area (Å²) < 4.78 is 40.4. The van der Waals surface area contributed by atoms with E-state index >= 15 is 0 Å². The molecule has 5 nitrogen and oxygen atoms in total. The quantitative estimate of drug-likeness (QED) is 0.447. The molecule has 0 N–H and O–H groups in total. The molecular formula is C26H20F3N3O2. The summed E-state index contributed by atoms with van der Waals surface area (Å²) >= 11 is 0. The van der Waals surface area contributed by atoms with Crippen LogP contribution in [0, 0.1) is 11.3 Å². The lowest BCUT2D eigenvalue weighted by Crippen LogP contribution is -2.43. The first-order valence-corrected chi connectivity index (χ1v) is 10.5. The van der Waals surface area contributed by atoms with Gasteiger partial charge in [-0.25, -0.2) is 9.69 Å². The summed E-state index contributed by atoms with van der Waals surface area (Å²) in [6.45, 7) is 3.21. The van der Waals surface area contributed by atoms with Crippen LogP contribution in [0.15, 0.2) is 72.8 Å². The Balaban J connectivity index is 1.74. The lowest BCUT2D eigenvalue weighted by atomic mass is 9.97. The maximum Gasteiger partial charge on any atom is 0.417 e. The number of amides is 3. The Morgan fingerprint density at radius 3 is 2.24 bits per heavy atom. The zero-order chi connectivity index (χ0) is 24.7. The molecule has 0 bridgehead atoms. The van der Waals surface area contributed by atoms with E-state index in [2.05, 4.69) is 0 Å². The van der Waals surface area contributed by atoms with Crippen LogP contribution in [0.4, 0.5) is 23.7 Å². The van der Waals surface area contributed by atoms with Gasteiger partial charge in [0, 0.05) is 6.54 Å². The van der Waals surface area contributed by atoms with Crippen molar-refractivity contribution in [3.63, 3.8) is 0 Å². The molecule has 0 unspecified atom stereocenters. The summed E-state index contributed by atoms with van der Waals surface area (Å²) in [5.41, 5.74) is -0.688. The monoisotopic (exact) mass is 463 g/mol. The van der Waals surface area contributed by atoms with E-state index in [0.29, 0.717) is 6.07 Å². The summed E-state index contributed by atoms with van der Waals surface area (Å²) in [6.07, 6.45) is -4.81. The van der Waals surface area contributed by atoms with Gasteiger partial charge in [-0.3, -0.25) is 4.79 Å². The van der Waals surface area contributed by atoms with Crippen molar-refractivity contribution in [3.8, 4) is 17.2 Å². The van der Waals surface area contributed by atoms with Crippen molar-refractivity contribution < 1.29 is 22.8 Å². The Labute approximate surface area is 194 Å². The standard InChI is InChI=1S/C26H20F3N3O2/c1-25(2)23(33)32(20-13-12-18(15-30)22(14-20)26(27,28)29)24(34)31(25)16-19-10-6-7-11-21(19)17-8-4-3-5-9-17/h3-14H,16H2,1-2H3. The maximum atomic E-state index is 13.5. The number of urea groups is 1. The average Bonchev–Trinajstić information content (AvgIpc) is 2.98. The Bertz CT molecular complexity index is 1310. The van der Waals surface area contributed by atoms with Gasteiger partial charge < -0.3 is 4.90 Å². The predicted octanol–water partition coefficient (Wildman–Crippen LogP) is 5.99. The number of hydrogen-bond acceptors (Lipinski definition) is 3. The lowest BCUT2D eigenvalue weighted by Gasteiger charge is -2.28. The van der Waals surface area contributed by atoms with Crippen LogP contribution in [0.2, 0.25) is 0 Å². The maximum absolute atomic E-state index is 13.5. The van der Waals surface area contributed by atoms with Gasteiger partial charge in [-0.05, 0) is 48.7 Å². The minimum atomic E-state index is -4.81. The SMILES string of the molecule is CC1(C)C(=O)N(c2ccc(C#N)c(C(F)(F)F)c2)C(=O)N1Cc1ccccc1-c1ccccc1. The molecule has 3 amide bonds. The Hall–Kier alpha value is -4.12. The minimum absolute atomic E-state index is 0.0849. The molecule has 1 aliphatic rings. The van der Waals surface area contributed by atoms with E-state index in [9.17, 15) is 22.8 Å². The summed E-state index contributed by atoms with van der Waals surface area (Å²) in [6, 6.07) is 20.6. The number of nitrogens with zero attached hydrogens (tertiary/aromatic N) is 3. The summed E-state index contributed by atoms with van der Waals surface area (Å²) in [5, 5.41) is 9.05. The van der Waals surface area contributed by atoms with Gasteiger partial charge in [0.15, 0.2) is 0 Å². The van der Waals surface area contributed by atoms with E-state index < -0.39 is 34.8 Å². The molecule has 1 heterocycles. The van der Waals surface area contributed by atoms with Gasteiger partial charge in [-0.1, -0.05) is 54.6 Å². The zero-order valence-electron chi connectivity index (χ0n) is 18.4. The van der Waals surface area contributed by atoms with Gasteiger partial charge in [0.2, 0.25) is 0 Å². The fourth-order valence-electron chi connectivity index (χ4n) is 4.06. The third-order valence-corrected chi connectivity index (χ3v) is 5.94. The van der Waals surface area contributed by atoms with E-state index in [-0.39, 0.29) is 12.2 Å².